The first kappa shape index (κ1) is 15.6. The lowest BCUT2D eigenvalue weighted by Crippen LogP contribution is -2.27. The van der Waals surface area contributed by atoms with E-state index in [9.17, 15) is 4.79 Å². The zero-order valence-electron chi connectivity index (χ0n) is 13.2. The van der Waals surface area contributed by atoms with Crippen molar-refractivity contribution >= 4 is 20.3 Å². The molecule has 1 aliphatic heterocycles. The number of hydrogen-bond donors (Lipinski definition) is 0. The van der Waals surface area contributed by atoms with Crippen molar-refractivity contribution in [1.29, 1.82) is 0 Å². The van der Waals surface area contributed by atoms with Crippen LogP contribution in [0.5, 0.6) is 0 Å². The molecule has 0 N–H and O–H groups in total. The molecule has 0 amide bonds. The third-order valence-corrected chi connectivity index (χ3v) is 5.21. The molecule has 5 heteroatoms. The van der Waals surface area contributed by atoms with Crippen LogP contribution < -0.4 is 5.56 Å². The smallest absolute Gasteiger partial charge is 0.261 e. The molecule has 0 aliphatic carbocycles. The van der Waals surface area contributed by atoms with Crippen molar-refractivity contribution in [2.24, 2.45) is 5.92 Å². The van der Waals surface area contributed by atoms with Crippen LogP contribution in [0.25, 0.3) is 10.9 Å². The van der Waals surface area contributed by atoms with Gasteiger partial charge in [0.15, 0.2) is 0 Å². The van der Waals surface area contributed by atoms with Gasteiger partial charge in [-0.25, -0.2) is 4.98 Å². The van der Waals surface area contributed by atoms with Crippen molar-refractivity contribution in [3.05, 3.63) is 40.4 Å². The summed E-state index contributed by atoms with van der Waals surface area (Å²) in [6, 6.07) is 7.61. The minimum atomic E-state index is 0.0999. The van der Waals surface area contributed by atoms with Crippen LogP contribution in [0.15, 0.2) is 29.1 Å². The Morgan fingerprint density at radius 3 is 2.77 bits per heavy atom. The average Bonchev–Trinajstić information content (AvgIpc) is 2.52. The molecule has 0 bridgehead atoms. The van der Waals surface area contributed by atoms with E-state index in [0.717, 1.165) is 35.6 Å². The molecule has 1 saturated heterocycles. The molecular formula is C17H24N3OP. The number of para-hydroxylation sites is 1. The Morgan fingerprint density at radius 1 is 1.27 bits per heavy atom. The van der Waals surface area contributed by atoms with Crippen molar-refractivity contribution in [3.8, 4) is 0 Å². The molecule has 118 valence electrons. The lowest BCUT2D eigenvalue weighted by atomic mass is 9.93. The number of benzene rings is 1. The summed E-state index contributed by atoms with van der Waals surface area (Å²) in [5, 5.41) is 0.726. The van der Waals surface area contributed by atoms with E-state index in [4.69, 9.17) is 0 Å². The van der Waals surface area contributed by atoms with Crippen molar-refractivity contribution in [3.63, 3.8) is 0 Å². The monoisotopic (exact) mass is 317 g/mol. The number of fused-ring (bicyclic) bond motifs is 1. The molecule has 2 aromatic rings. The van der Waals surface area contributed by atoms with E-state index in [1.165, 1.54) is 32.4 Å². The second-order valence-electron chi connectivity index (χ2n) is 6.25. The van der Waals surface area contributed by atoms with Crippen LogP contribution in [0.3, 0.4) is 0 Å². The molecule has 1 atom stereocenters. The van der Waals surface area contributed by atoms with Gasteiger partial charge >= 0.3 is 0 Å². The standard InChI is InChI=1S/C17H24N3OP/c1-13-18-16-7-3-2-6-15(16)17(21)20(13)10-4-5-14-8-11-19(22)12-9-14/h2-3,6-7,14H,4-5,8-12,22H2,1H3. The van der Waals surface area contributed by atoms with Crippen molar-refractivity contribution in [2.45, 2.75) is 39.2 Å². The lowest BCUT2D eigenvalue weighted by molar-refractivity contribution is 0.271. The second-order valence-corrected chi connectivity index (χ2v) is 6.98. The highest BCUT2D eigenvalue weighted by Crippen LogP contribution is 2.23. The highest BCUT2D eigenvalue weighted by molar-refractivity contribution is 7.13. The molecule has 1 aromatic heterocycles. The quantitative estimate of drug-likeness (QED) is 0.814. The molecule has 4 nitrogen and oxygen atoms in total. The van der Waals surface area contributed by atoms with Gasteiger partial charge in [-0.2, -0.15) is 0 Å². The number of aromatic nitrogens is 2. The van der Waals surface area contributed by atoms with Crippen molar-refractivity contribution < 1.29 is 0 Å². The molecule has 1 aromatic carbocycles. The van der Waals surface area contributed by atoms with E-state index < -0.39 is 0 Å². The minimum Gasteiger partial charge on any atom is -0.296 e. The van der Waals surface area contributed by atoms with E-state index in [2.05, 4.69) is 19.0 Å². The first-order valence-electron chi connectivity index (χ1n) is 8.11. The summed E-state index contributed by atoms with van der Waals surface area (Å²) >= 11 is 0. The van der Waals surface area contributed by atoms with Crippen LogP contribution in [0.2, 0.25) is 0 Å². The van der Waals surface area contributed by atoms with Crippen LogP contribution in [-0.2, 0) is 6.54 Å². The summed E-state index contributed by atoms with van der Waals surface area (Å²) in [5.74, 6) is 1.63. The van der Waals surface area contributed by atoms with Gasteiger partial charge in [0.05, 0.1) is 10.9 Å². The topological polar surface area (TPSA) is 38.1 Å². The summed E-state index contributed by atoms with van der Waals surface area (Å²) in [5.41, 5.74) is 0.900. The van der Waals surface area contributed by atoms with E-state index in [-0.39, 0.29) is 5.56 Å². The highest BCUT2D eigenvalue weighted by Gasteiger charge is 2.16. The van der Waals surface area contributed by atoms with Crippen molar-refractivity contribution in [1.82, 2.24) is 14.2 Å². The third-order valence-electron chi connectivity index (χ3n) is 4.70. The van der Waals surface area contributed by atoms with Gasteiger partial charge in [-0.05, 0) is 50.7 Å². The molecule has 2 heterocycles. The number of piperidine rings is 1. The van der Waals surface area contributed by atoms with Crippen LogP contribution in [0.1, 0.15) is 31.5 Å². The largest absolute Gasteiger partial charge is 0.296 e. The molecular weight excluding hydrogens is 293 g/mol. The molecule has 0 radical (unpaired) electrons. The fourth-order valence-corrected chi connectivity index (χ4v) is 3.62. The fourth-order valence-electron chi connectivity index (χ4n) is 3.32. The average molecular weight is 317 g/mol. The Morgan fingerprint density at radius 2 is 2.00 bits per heavy atom. The summed E-state index contributed by atoms with van der Waals surface area (Å²) in [6.45, 7) is 5.06. The molecule has 1 fully saturated rings. The zero-order chi connectivity index (χ0) is 15.5. The Balaban J connectivity index is 1.68. The third kappa shape index (κ3) is 3.39. The Bertz CT molecular complexity index is 705. The summed E-state index contributed by atoms with van der Waals surface area (Å²) < 4.78 is 4.16. The van der Waals surface area contributed by atoms with Gasteiger partial charge in [0.1, 0.15) is 5.82 Å². The number of hydrogen-bond acceptors (Lipinski definition) is 3. The molecule has 1 aliphatic rings. The maximum Gasteiger partial charge on any atom is 0.261 e. The van der Waals surface area contributed by atoms with E-state index >= 15 is 0 Å². The Labute approximate surface area is 133 Å². The normalized spacial score (nSPS) is 17.2. The van der Waals surface area contributed by atoms with Gasteiger partial charge in [-0.1, -0.05) is 21.5 Å². The van der Waals surface area contributed by atoms with Crippen LogP contribution in [-0.4, -0.2) is 27.3 Å². The first-order valence-corrected chi connectivity index (χ1v) is 8.62. The Kier molecular flexibility index (Phi) is 4.90. The predicted molar refractivity (Wildman–Crippen MR) is 94.0 cm³/mol. The summed E-state index contributed by atoms with van der Waals surface area (Å²) in [4.78, 5) is 17.2. The molecule has 0 saturated carbocycles. The van der Waals surface area contributed by atoms with E-state index in [1.54, 1.807) is 0 Å². The Hall–Kier alpha value is -1.25. The van der Waals surface area contributed by atoms with Gasteiger partial charge in [-0.3, -0.25) is 14.0 Å². The molecule has 22 heavy (non-hydrogen) atoms. The molecule has 0 spiro atoms. The SMILES string of the molecule is Cc1nc2ccccc2c(=O)n1CCCC1CCN(P)CC1. The maximum absolute atomic E-state index is 12.6. The minimum absolute atomic E-state index is 0.0999. The lowest BCUT2D eigenvalue weighted by Gasteiger charge is -2.28. The second kappa shape index (κ2) is 6.89. The highest BCUT2D eigenvalue weighted by atomic mass is 31.0. The van der Waals surface area contributed by atoms with Gasteiger partial charge in [0.2, 0.25) is 0 Å². The zero-order valence-corrected chi connectivity index (χ0v) is 14.3. The number of nitrogens with zero attached hydrogens (tertiary/aromatic N) is 3. The van der Waals surface area contributed by atoms with Crippen molar-refractivity contribution in [2.75, 3.05) is 13.1 Å². The van der Waals surface area contributed by atoms with Crippen LogP contribution in [0, 0.1) is 12.8 Å². The maximum atomic E-state index is 12.6. The van der Waals surface area contributed by atoms with Crippen LogP contribution >= 0.6 is 9.39 Å². The van der Waals surface area contributed by atoms with Gasteiger partial charge < -0.3 is 0 Å². The van der Waals surface area contributed by atoms with Gasteiger partial charge in [-0.15, -0.1) is 0 Å². The summed E-state index contributed by atoms with van der Waals surface area (Å²) in [6.07, 6.45) is 4.81. The molecule has 1 unspecified atom stereocenters. The van der Waals surface area contributed by atoms with Crippen LogP contribution in [0.4, 0.5) is 0 Å². The molecule has 3 rings (SSSR count). The first-order chi connectivity index (χ1) is 10.6. The van der Waals surface area contributed by atoms with Gasteiger partial charge in [0.25, 0.3) is 5.56 Å². The van der Waals surface area contributed by atoms with E-state index in [0.29, 0.717) is 0 Å². The summed E-state index contributed by atoms with van der Waals surface area (Å²) in [7, 11) is 2.79. The predicted octanol–water partition coefficient (Wildman–Crippen LogP) is 2.99. The number of rotatable bonds is 4. The fraction of sp³-hybridized carbons (Fsp3) is 0.529. The number of aryl methyl sites for hydroxylation is 1. The van der Waals surface area contributed by atoms with E-state index in [1.807, 2.05) is 35.8 Å². The van der Waals surface area contributed by atoms with Gasteiger partial charge in [0, 0.05) is 19.6 Å².